The molecule has 0 atom stereocenters. The van der Waals surface area contributed by atoms with E-state index in [1.807, 2.05) is 35.2 Å². The molecule has 2 heterocycles. The number of amides is 1. The van der Waals surface area contributed by atoms with E-state index in [2.05, 4.69) is 29.7 Å². The molecule has 1 aliphatic rings. The van der Waals surface area contributed by atoms with Crippen molar-refractivity contribution in [1.29, 1.82) is 0 Å². The van der Waals surface area contributed by atoms with Crippen LogP contribution in [0.15, 0.2) is 61.2 Å². The van der Waals surface area contributed by atoms with Crippen molar-refractivity contribution < 1.29 is 9.53 Å². The third-order valence-electron chi connectivity index (χ3n) is 5.96. The molecule has 0 aliphatic carbocycles. The van der Waals surface area contributed by atoms with E-state index in [0.717, 1.165) is 56.6 Å². The van der Waals surface area contributed by atoms with Crippen LogP contribution in [0.2, 0.25) is 5.02 Å². The van der Waals surface area contributed by atoms with Crippen molar-refractivity contribution in [3.05, 3.63) is 66.2 Å². The molecule has 3 aromatic carbocycles. The van der Waals surface area contributed by atoms with Crippen LogP contribution in [0, 0.1) is 0 Å². The first-order chi connectivity index (χ1) is 15.6. The highest BCUT2D eigenvalue weighted by molar-refractivity contribution is 7.11. The largest absolute Gasteiger partial charge is 0.497 e. The number of fused-ring (bicyclic) bond motifs is 2. The maximum absolute atomic E-state index is 11.9. The maximum atomic E-state index is 11.9. The molecule has 0 unspecified atom stereocenters. The van der Waals surface area contributed by atoms with E-state index < -0.39 is 0 Å². The minimum absolute atomic E-state index is 0.0167. The SMILES string of the molecule is C=CC(=O)N1CCN(c2snc3cc(-c4cc(OC)cc5ccccc45)c(Cl)cc23)CC1. The van der Waals surface area contributed by atoms with Crippen LogP contribution in [-0.4, -0.2) is 48.5 Å². The summed E-state index contributed by atoms with van der Waals surface area (Å²) in [5.41, 5.74) is 2.88. The molecular weight excluding hydrogens is 442 g/mol. The lowest BCUT2D eigenvalue weighted by Gasteiger charge is -2.34. The van der Waals surface area contributed by atoms with Gasteiger partial charge in [-0.05, 0) is 58.2 Å². The van der Waals surface area contributed by atoms with E-state index in [9.17, 15) is 4.79 Å². The molecule has 1 aromatic heterocycles. The number of aromatic nitrogens is 1. The number of hydrogen-bond donors (Lipinski definition) is 0. The highest BCUT2D eigenvalue weighted by atomic mass is 35.5. The number of piperazine rings is 1. The zero-order valence-corrected chi connectivity index (χ0v) is 19.2. The van der Waals surface area contributed by atoms with Gasteiger partial charge in [-0.2, -0.15) is 4.37 Å². The predicted molar refractivity (Wildman–Crippen MR) is 133 cm³/mol. The van der Waals surface area contributed by atoms with Crippen molar-refractivity contribution in [3.8, 4) is 16.9 Å². The Morgan fingerprint density at radius 2 is 1.88 bits per heavy atom. The van der Waals surface area contributed by atoms with Gasteiger partial charge in [-0.3, -0.25) is 4.79 Å². The second kappa shape index (κ2) is 8.45. The normalized spacial score (nSPS) is 14.2. The van der Waals surface area contributed by atoms with E-state index in [1.165, 1.54) is 17.6 Å². The summed E-state index contributed by atoms with van der Waals surface area (Å²) < 4.78 is 10.3. The van der Waals surface area contributed by atoms with Gasteiger partial charge >= 0.3 is 0 Å². The zero-order chi connectivity index (χ0) is 22.2. The van der Waals surface area contributed by atoms with Gasteiger partial charge in [0.15, 0.2) is 0 Å². The van der Waals surface area contributed by atoms with Crippen molar-refractivity contribution in [2.45, 2.75) is 0 Å². The van der Waals surface area contributed by atoms with Crippen LogP contribution in [0.25, 0.3) is 32.8 Å². The number of carbonyl (C=O) groups is 1. The minimum atomic E-state index is -0.0167. The number of benzene rings is 3. The van der Waals surface area contributed by atoms with Gasteiger partial charge in [0.05, 0.1) is 12.6 Å². The minimum Gasteiger partial charge on any atom is -0.497 e. The summed E-state index contributed by atoms with van der Waals surface area (Å²) in [5, 5.41) is 5.03. The van der Waals surface area contributed by atoms with Crippen LogP contribution in [0.1, 0.15) is 0 Å². The number of rotatable bonds is 4. The number of carbonyl (C=O) groups excluding carboxylic acids is 1. The average Bonchev–Trinajstić information content (AvgIpc) is 3.25. The van der Waals surface area contributed by atoms with E-state index in [-0.39, 0.29) is 5.91 Å². The number of ether oxygens (including phenoxy) is 1. The van der Waals surface area contributed by atoms with Crippen molar-refractivity contribution in [1.82, 2.24) is 9.27 Å². The smallest absolute Gasteiger partial charge is 0.246 e. The number of nitrogens with zero attached hydrogens (tertiary/aromatic N) is 3. The Hall–Kier alpha value is -3.09. The molecule has 1 amide bonds. The summed E-state index contributed by atoms with van der Waals surface area (Å²) >= 11 is 8.32. The van der Waals surface area contributed by atoms with Crippen LogP contribution < -0.4 is 9.64 Å². The van der Waals surface area contributed by atoms with Crippen LogP contribution in [0.5, 0.6) is 5.75 Å². The molecule has 162 valence electrons. The molecule has 0 N–H and O–H groups in total. The Kier molecular flexibility index (Phi) is 5.49. The fourth-order valence-electron chi connectivity index (χ4n) is 4.27. The van der Waals surface area contributed by atoms with E-state index >= 15 is 0 Å². The maximum Gasteiger partial charge on any atom is 0.246 e. The van der Waals surface area contributed by atoms with Gasteiger partial charge in [-0.15, -0.1) is 0 Å². The summed E-state index contributed by atoms with van der Waals surface area (Å²) in [5.74, 6) is 0.776. The van der Waals surface area contributed by atoms with Gasteiger partial charge in [0.25, 0.3) is 0 Å². The van der Waals surface area contributed by atoms with Crippen molar-refractivity contribution in [2.75, 3.05) is 38.2 Å². The molecule has 5 nitrogen and oxygen atoms in total. The molecule has 7 heteroatoms. The highest BCUT2D eigenvalue weighted by Crippen LogP contribution is 2.41. The first-order valence-corrected chi connectivity index (χ1v) is 11.6. The molecule has 0 spiro atoms. The Labute approximate surface area is 195 Å². The fourth-order valence-corrected chi connectivity index (χ4v) is 5.43. The van der Waals surface area contributed by atoms with Gasteiger partial charge in [0.2, 0.25) is 5.91 Å². The summed E-state index contributed by atoms with van der Waals surface area (Å²) in [6, 6.07) is 16.4. The highest BCUT2D eigenvalue weighted by Gasteiger charge is 2.23. The zero-order valence-electron chi connectivity index (χ0n) is 17.7. The first kappa shape index (κ1) is 20.8. The van der Waals surface area contributed by atoms with Crippen molar-refractivity contribution in [2.24, 2.45) is 0 Å². The Balaban J connectivity index is 1.54. The Morgan fingerprint density at radius 3 is 2.62 bits per heavy atom. The number of hydrogen-bond acceptors (Lipinski definition) is 5. The summed E-state index contributed by atoms with van der Waals surface area (Å²) in [7, 11) is 1.67. The van der Waals surface area contributed by atoms with E-state index in [4.69, 9.17) is 20.7 Å². The van der Waals surface area contributed by atoms with Crippen molar-refractivity contribution >= 4 is 55.7 Å². The molecule has 32 heavy (non-hydrogen) atoms. The fraction of sp³-hybridized carbons (Fsp3) is 0.200. The molecule has 1 fully saturated rings. The molecule has 0 saturated carbocycles. The summed E-state index contributed by atoms with van der Waals surface area (Å²) in [6.07, 6.45) is 1.38. The van der Waals surface area contributed by atoms with Gasteiger partial charge in [0, 0.05) is 42.2 Å². The summed E-state index contributed by atoms with van der Waals surface area (Å²) in [6.45, 7) is 6.45. The first-order valence-electron chi connectivity index (χ1n) is 10.4. The standard InChI is InChI=1S/C25H22ClN3O2S/c1-3-24(30)28-8-10-29(11-9-28)25-21-14-22(26)20(15-23(21)27-32-25)19-13-17(31-2)12-16-6-4-5-7-18(16)19/h3-7,12-15H,1,8-11H2,2H3. The molecule has 0 bridgehead atoms. The summed E-state index contributed by atoms with van der Waals surface area (Å²) in [4.78, 5) is 16.0. The quantitative estimate of drug-likeness (QED) is 0.369. The molecule has 5 rings (SSSR count). The Morgan fingerprint density at radius 1 is 1.09 bits per heavy atom. The van der Waals surface area contributed by atoms with Gasteiger partial charge < -0.3 is 14.5 Å². The van der Waals surface area contributed by atoms with E-state index in [1.54, 1.807) is 7.11 Å². The molecule has 1 saturated heterocycles. The molecular formula is C25H22ClN3O2S. The van der Waals surface area contributed by atoms with Gasteiger partial charge in [-0.25, -0.2) is 0 Å². The average molecular weight is 464 g/mol. The van der Waals surface area contributed by atoms with Gasteiger partial charge in [-0.1, -0.05) is 42.4 Å². The lowest BCUT2D eigenvalue weighted by atomic mass is 9.97. The Bertz CT molecular complexity index is 1340. The second-order valence-electron chi connectivity index (χ2n) is 7.75. The predicted octanol–water partition coefficient (Wildman–Crippen LogP) is 5.61. The third kappa shape index (κ3) is 3.59. The van der Waals surface area contributed by atoms with E-state index in [0.29, 0.717) is 18.1 Å². The topological polar surface area (TPSA) is 45.7 Å². The van der Waals surface area contributed by atoms with Crippen LogP contribution in [-0.2, 0) is 4.79 Å². The van der Waals surface area contributed by atoms with Gasteiger partial charge in [0.1, 0.15) is 10.8 Å². The van der Waals surface area contributed by atoms with Crippen LogP contribution in [0.4, 0.5) is 5.00 Å². The monoisotopic (exact) mass is 463 g/mol. The number of anilines is 1. The van der Waals surface area contributed by atoms with Crippen molar-refractivity contribution in [3.63, 3.8) is 0 Å². The van der Waals surface area contributed by atoms with Crippen LogP contribution >= 0.6 is 23.1 Å². The number of methoxy groups -OCH3 is 1. The number of halogens is 1. The second-order valence-corrected chi connectivity index (χ2v) is 8.91. The lowest BCUT2D eigenvalue weighted by molar-refractivity contribution is -0.126. The lowest BCUT2D eigenvalue weighted by Crippen LogP contribution is -2.48. The molecule has 0 radical (unpaired) electrons. The third-order valence-corrected chi connectivity index (χ3v) is 7.21. The molecule has 1 aliphatic heterocycles. The molecule has 4 aromatic rings. The van der Waals surface area contributed by atoms with Crippen LogP contribution in [0.3, 0.4) is 0 Å².